The molecule has 0 atom stereocenters. The van der Waals surface area contributed by atoms with E-state index in [1.807, 2.05) is 29.8 Å². The van der Waals surface area contributed by atoms with Gasteiger partial charge in [-0.15, -0.1) is 0 Å². The number of carbonyl (C=O) groups is 1. The number of nitrogens with zero attached hydrogens (tertiary/aromatic N) is 4. The van der Waals surface area contributed by atoms with Gasteiger partial charge in [0.25, 0.3) is 0 Å². The highest BCUT2D eigenvalue weighted by Crippen LogP contribution is 2.29. The Balaban J connectivity index is 1.99. The first-order valence-corrected chi connectivity index (χ1v) is 8.02. The molecule has 3 aromatic heterocycles. The number of aromatic nitrogens is 4. The molecule has 0 amide bonds. The summed E-state index contributed by atoms with van der Waals surface area (Å²) in [5.74, 6) is 0.857. The number of benzene rings is 1. The van der Waals surface area contributed by atoms with Gasteiger partial charge in [0.2, 0.25) is 0 Å². The standard InChI is InChI=1S/C19H18N4O/c1-4-23-16-8-6-5-7-13(16)10-17(23)19-21-15-9-14(12(2)24)11-20-18(15)22(19)3/h5-11H,4H2,1-3H3. The van der Waals surface area contributed by atoms with Crippen molar-refractivity contribution in [1.82, 2.24) is 19.1 Å². The normalized spacial score (nSPS) is 11.5. The number of fused-ring (bicyclic) bond motifs is 2. The molecule has 0 saturated heterocycles. The maximum absolute atomic E-state index is 11.6. The minimum Gasteiger partial charge on any atom is -0.338 e. The number of Topliss-reactive ketones (excluding diaryl/α,β-unsaturated/α-hetero) is 1. The molecule has 0 radical (unpaired) electrons. The van der Waals surface area contributed by atoms with Gasteiger partial charge in [-0.2, -0.15) is 0 Å². The van der Waals surface area contributed by atoms with Crippen molar-refractivity contribution in [3.05, 3.63) is 48.2 Å². The molecule has 0 unspecified atom stereocenters. The summed E-state index contributed by atoms with van der Waals surface area (Å²) in [6.45, 7) is 4.53. The summed E-state index contributed by atoms with van der Waals surface area (Å²) in [5.41, 5.74) is 4.36. The third kappa shape index (κ3) is 2.05. The van der Waals surface area contributed by atoms with E-state index in [2.05, 4.69) is 34.7 Å². The first-order chi connectivity index (χ1) is 11.6. The summed E-state index contributed by atoms with van der Waals surface area (Å²) in [4.78, 5) is 20.8. The van der Waals surface area contributed by atoms with E-state index in [0.717, 1.165) is 29.2 Å². The van der Waals surface area contributed by atoms with Gasteiger partial charge in [0.05, 0.1) is 5.69 Å². The van der Waals surface area contributed by atoms with Crippen LogP contribution in [0, 0.1) is 0 Å². The molecule has 0 aliphatic heterocycles. The first-order valence-electron chi connectivity index (χ1n) is 8.02. The molecule has 5 heteroatoms. The Morgan fingerprint density at radius 1 is 1.21 bits per heavy atom. The van der Waals surface area contributed by atoms with Gasteiger partial charge in [-0.1, -0.05) is 18.2 Å². The smallest absolute Gasteiger partial charge is 0.161 e. The third-order valence-corrected chi connectivity index (χ3v) is 4.47. The minimum atomic E-state index is -0.000671. The fourth-order valence-corrected chi connectivity index (χ4v) is 3.23. The van der Waals surface area contributed by atoms with Gasteiger partial charge in [0, 0.05) is 36.3 Å². The Bertz CT molecular complexity index is 1090. The van der Waals surface area contributed by atoms with E-state index in [0.29, 0.717) is 5.56 Å². The lowest BCUT2D eigenvalue weighted by molar-refractivity contribution is 0.101. The highest BCUT2D eigenvalue weighted by Gasteiger charge is 2.17. The molecule has 3 heterocycles. The number of carbonyl (C=O) groups excluding carboxylic acids is 1. The number of pyridine rings is 1. The fourth-order valence-electron chi connectivity index (χ4n) is 3.23. The minimum absolute atomic E-state index is 0.000671. The van der Waals surface area contributed by atoms with Crippen molar-refractivity contribution >= 4 is 27.9 Å². The van der Waals surface area contributed by atoms with E-state index >= 15 is 0 Å². The van der Waals surface area contributed by atoms with Crippen LogP contribution in [0.2, 0.25) is 0 Å². The molecule has 0 aliphatic carbocycles. The highest BCUT2D eigenvalue weighted by molar-refractivity contribution is 5.96. The summed E-state index contributed by atoms with van der Waals surface area (Å²) < 4.78 is 4.24. The molecular formula is C19H18N4O. The lowest BCUT2D eigenvalue weighted by Crippen LogP contribution is -2.01. The summed E-state index contributed by atoms with van der Waals surface area (Å²) in [7, 11) is 1.96. The highest BCUT2D eigenvalue weighted by atomic mass is 16.1. The summed E-state index contributed by atoms with van der Waals surface area (Å²) >= 11 is 0. The Hall–Kier alpha value is -2.95. The summed E-state index contributed by atoms with van der Waals surface area (Å²) in [5, 5.41) is 1.19. The molecule has 4 rings (SSSR count). The van der Waals surface area contributed by atoms with Gasteiger partial charge >= 0.3 is 0 Å². The van der Waals surface area contributed by atoms with Crippen molar-refractivity contribution in [2.75, 3.05) is 0 Å². The van der Waals surface area contributed by atoms with Crippen LogP contribution in [-0.2, 0) is 13.6 Å². The van der Waals surface area contributed by atoms with Crippen LogP contribution in [0.3, 0.4) is 0 Å². The van der Waals surface area contributed by atoms with Crippen LogP contribution < -0.4 is 0 Å². The van der Waals surface area contributed by atoms with Gasteiger partial charge in [0.1, 0.15) is 5.52 Å². The van der Waals surface area contributed by atoms with E-state index in [-0.39, 0.29) is 5.78 Å². The average Bonchev–Trinajstić information content (AvgIpc) is 3.12. The molecule has 0 spiro atoms. The van der Waals surface area contributed by atoms with Crippen LogP contribution in [0.1, 0.15) is 24.2 Å². The maximum atomic E-state index is 11.6. The van der Waals surface area contributed by atoms with Gasteiger partial charge in [-0.25, -0.2) is 9.97 Å². The van der Waals surface area contributed by atoms with Crippen molar-refractivity contribution in [2.45, 2.75) is 20.4 Å². The van der Waals surface area contributed by atoms with Gasteiger partial charge in [0.15, 0.2) is 17.3 Å². The Labute approximate surface area is 139 Å². The number of rotatable bonds is 3. The summed E-state index contributed by atoms with van der Waals surface area (Å²) in [6, 6.07) is 12.3. The second-order valence-corrected chi connectivity index (χ2v) is 5.95. The van der Waals surface area contributed by atoms with Gasteiger partial charge in [-0.05, 0) is 32.0 Å². The second kappa shape index (κ2) is 5.30. The van der Waals surface area contributed by atoms with E-state index in [9.17, 15) is 4.79 Å². The molecule has 4 aromatic rings. The lowest BCUT2D eigenvalue weighted by atomic mass is 10.2. The Morgan fingerprint density at radius 2 is 2.00 bits per heavy atom. The molecule has 0 fully saturated rings. The third-order valence-electron chi connectivity index (χ3n) is 4.47. The molecule has 0 aliphatic rings. The number of imidazole rings is 1. The summed E-state index contributed by atoms with van der Waals surface area (Å²) in [6.07, 6.45) is 1.62. The Kier molecular flexibility index (Phi) is 3.23. The first kappa shape index (κ1) is 14.6. The zero-order valence-electron chi connectivity index (χ0n) is 13.9. The number of hydrogen-bond acceptors (Lipinski definition) is 3. The molecule has 0 N–H and O–H groups in total. The monoisotopic (exact) mass is 318 g/mol. The van der Waals surface area contributed by atoms with Gasteiger partial charge < -0.3 is 9.13 Å². The van der Waals surface area contributed by atoms with E-state index in [1.165, 1.54) is 10.9 Å². The number of hydrogen-bond donors (Lipinski definition) is 0. The van der Waals surface area contributed by atoms with Crippen molar-refractivity contribution in [2.24, 2.45) is 7.05 Å². The maximum Gasteiger partial charge on any atom is 0.161 e. The second-order valence-electron chi connectivity index (χ2n) is 5.95. The van der Waals surface area contributed by atoms with E-state index < -0.39 is 0 Å². The average molecular weight is 318 g/mol. The molecule has 0 saturated carbocycles. The van der Waals surface area contributed by atoms with Crippen molar-refractivity contribution in [3.63, 3.8) is 0 Å². The van der Waals surface area contributed by atoms with Crippen molar-refractivity contribution in [3.8, 4) is 11.5 Å². The SMILES string of the molecule is CCn1c(-c2nc3cc(C(C)=O)cnc3n2C)cc2ccccc21. The predicted molar refractivity (Wildman–Crippen MR) is 95.1 cm³/mol. The lowest BCUT2D eigenvalue weighted by Gasteiger charge is -2.07. The van der Waals surface area contributed by atoms with Crippen molar-refractivity contribution in [1.29, 1.82) is 0 Å². The van der Waals surface area contributed by atoms with Crippen molar-refractivity contribution < 1.29 is 4.79 Å². The molecule has 5 nitrogen and oxygen atoms in total. The quantitative estimate of drug-likeness (QED) is 0.540. The van der Waals surface area contributed by atoms with Gasteiger partial charge in [-0.3, -0.25) is 4.79 Å². The molecule has 120 valence electrons. The molecule has 0 bridgehead atoms. The van der Waals surface area contributed by atoms with Crippen LogP contribution in [0.4, 0.5) is 0 Å². The van der Waals surface area contributed by atoms with Crippen LogP contribution >= 0.6 is 0 Å². The fraction of sp³-hybridized carbons (Fsp3) is 0.211. The predicted octanol–water partition coefficient (Wildman–Crippen LogP) is 3.81. The largest absolute Gasteiger partial charge is 0.338 e. The number of para-hydroxylation sites is 1. The van der Waals surface area contributed by atoms with E-state index in [4.69, 9.17) is 4.98 Å². The zero-order chi connectivity index (χ0) is 16.8. The zero-order valence-corrected chi connectivity index (χ0v) is 13.9. The topological polar surface area (TPSA) is 52.7 Å². The molecule has 1 aromatic carbocycles. The number of aryl methyl sites for hydroxylation is 2. The van der Waals surface area contributed by atoms with E-state index in [1.54, 1.807) is 13.1 Å². The van der Waals surface area contributed by atoms with Crippen LogP contribution in [0.25, 0.3) is 33.6 Å². The van der Waals surface area contributed by atoms with Crippen LogP contribution in [0.5, 0.6) is 0 Å². The van der Waals surface area contributed by atoms with Crippen LogP contribution in [0.15, 0.2) is 42.6 Å². The Morgan fingerprint density at radius 3 is 2.75 bits per heavy atom. The molecular weight excluding hydrogens is 300 g/mol. The van der Waals surface area contributed by atoms with Crippen LogP contribution in [-0.4, -0.2) is 24.9 Å². The molecule has 24 heavy (non-hydrogen) atoms. The number of ketones is 1.